The highest BCUT2D eigenvalue weighted by Gasteiger charge is 2.26. The van der Waals surface area contributed by atoms with Gasteiger partial charge in [0.15, 0.2) is 5.16 Å². The Kier molecular flexibility index (Phi) is 6.82. The average molecular weight is 477 g/mol. The maximum atomic E-state index is 13.0. The number of hydrogen-bond donors (Lipinski definition) is 1. The molecule has 0 aliphatic carbocycles. The second-order valence-electron chi connectivity index (χ2n) is 7.60. The van der Waals surface area contributed by atoms with Crippen molar-refractivity contribution in [3.8, 4) is 0 Å². The smallest absolute Gasteiger partial charge is 0.243 e. The number of aromatic nitrogens is 2. The van der Waals surface area contributed by atoms with Gasteiger partial charge in [-0.15, -0.1) is 0 Å². The van der Waals surface area contributed by atoms with E-state index in [2.05, 4.69) is 10.3 Å². The number of hydrogen-bond acceptors (Lipinski definition) is 5. The third-order valence-corrected chi connectivity index (χ3v) is 8.29. The molecule has 1 saturated heterocycles. The van der Waals surface area contributed by atoms with Crippen LogP contribution in [0.3, 0.4) is 0 Å². The summed E-state index contributed by atoms with van der Waals surface area (Å²) in [6, 6.07) is 10.6. The van der Waals surface area contributed by atoms with Crippen molar-refractivity contribution in [2.24, 2.45) is 0 Å². The van der Waals surface area contributed by atoms with Gasteiger partial charge in [-0.2, -0.15) is 4.31 Å². The average Bonchev–Trinajstić information content (AvgIpc) is 3.16. The van der Waals surface area contributed by atoms with E-state index in [4.69, 9.17) is 0 Å². The molecule has 10 heteroatoms. The molecule has 3 aromatic rings. The van der Waals surface area contributed by atoms with E-state index in [0.29, 0.717) is 36.0 Å². The number of benzene rings is 2. The van der Waals surface area contributed by atoms with Crippen molar-refractivity contribution in [3.63, 3.8) is 0 Å². The van der Waals surface area contributed by atoms with Crippen LogP contribution in [0.4, 0.5) is 10.1 Å². The molecule has 1 aliphatic heterocycles. The van der Waals surface area contributed by atoms with Crippen molar-refractivity contribution in [1.29, 1.82) is 0 Å². The number of anilines is 1. The molecular weight excluding hydrogens is 451 g/mol. The first kappa shape index (κ1) is 22.8. The lowest BCUT2D eigenvalue weighted by molar-refractivity contribution is -0.113. The summed E-state index contributed by atoms with van der Waals surface area (Å²) in [7, 11) is -3.54. The van der Waals surface area contributed by atoms with E-state index >= 15 is 0 Å². The van der Waals surface area contributed by atoms with Crippen LogP contribution in [0.15, 0.2) is 52.5 Å². The number of sulfonamides is 1. The molecule has 32 heavy (non-hydrogen) atoms. The standard InChI is InChI=1S/C22H25FN4O3S2/c1-2-27-20-11-10-18(32(29,30)26-12-4-3-5-13-26)14-19(20)25-22(27)31-15-21(28)24-17-8-6-16(23)7-9-17/h6-11,14H,2-5,12-13,15H2,1H3,(H,24,28). The number of amides is 1. The number of rotatable bonds is 7. The minimum Gasteiger partial charge on any atom is -0.325 e. The number of piperidine rings is 1. The van der Waals surface area contributed by atoms with E-state index in [1.165, 1.54) is 36.0 Å². The summed E-state index contributed by atoms with van der Waals surface area (Å²) in [5.41, 5.74) is 1.94. The largest absolute Gasteiger partial charge is 0.325 e. The van der Waals surface area contributed by atoms with Crippen LogP contribution in [0.25, 0.3) is 11.0 Å². The summed E-state index contributed by atoms with van der Waals surface area (Å²) in [6.07, 6.45) is 2.82. The minimum atomic E-state index is -3.54. The lowest BCUT2D eigenvalue weighted by atomic mass is 10.2. The van der Waals surface area contributed by atoms with Gasteiger partial charge in [0.25, 0.3) is 0 Å². The monoisotopic (exact) mass is 476 g/mol. The predicted octanol–water partition coefficient (Wildman–Crippen LogP) is 4.10. The summed E-state index contributed by atoms with van der Waals surface area (Å²) in [5.74, 6) is -0.472. The molecule has 0 spiro atoms. The van der Waals surface area contributed by atoms with Gasteiger partial charge in [0.1, 0.15) is 5.82 Å². The number of imidazole rings is 1. The highest BCUT2D eigenvalue weighted by Crippen LogP contribution is 2.28. The van der Waals surface area contributed by atoms with Crippen LogP contribution in [0.1, 0.15) is 26.2 Å². The van der Waals surface area contributed by atoms with Crippen LogP contribution < -0.4 is 5.32 Å². The third kappa shape index (κ3) is 4.82. The first-order valence-electron chi connectivity index (χ1n) is 10.6. The first-order valence-corrected chi connectivity index (χ1v) is 13.0. The van der Waals surface area contributed by atoms with Gasteiger partial charge in [0.05, 0.1) is 21.7 Å². The predicted molar refractivity (Wildman–Crippen MR) is 124 cm³/mol. The number of carbonyl (C=O) groups is 1. The summed E-state index contributed by atoms with van der Waals surface area (Å²) in [4.78, 5) is 17.2. The fourth-order valence-electron chi connectivity index (χ4n) is 3.78. The fourth-order valence-corrected chi connectivity index (χ4v) is 6.19. The van der Waals surface area contributed by atoms with Gasteiger partial charge in [-0.1, -0.05) is 18.2 Å². The Labute approximate surface area is 191 Å². The summed E-state index contributed by atoms with van der Waals surface area (Å²) in [6.45, 7) is 3.71. The van der Waals surface area contributed by atoms with Crippen molar-refractivity contribution in [2.75, 3.05) is 24.2 Å². The van der Waals surface area contributed by atoms with Crippen molar-refractivity contribution in [2.45, 2.75) is 42.8 Å². The number of thioether (sulfide) groups is 1. The molecule has 2 heterocycles. The molecule has 1 aliphatic rings. The molecule has 0 unspecified atom stereocenters. The van der Waals surface area contributed by atoms with Crippen molar-refractivity contribution < 1.29 is 17.6 Å². The van der Waals surface area contributed by atoms with E-state index in [9.17, 15) is 17.6 Å². The molecule has 0 atom stereocenters. The number of fused-ring (bicyclic) bond motifs is 1. The van der Waals surface area contributed by atoms with Gasteiger partial charge < -0.3 is 9.88 Å². The maximum absolute atomic E-state index is 13.0. The van der Waals surface area contributed by atoms with Gasteiger partial charge in [-0.25, -0.2) is 17.8 Å². The molecule has 0 bridgehead atoms. The second kappa shape index (κ2) is 9.60. The number of nitrogens with one attached hydrogen (secondary N) is 1. The number of carbonyl (C=O) groups excluding carboxylic acids is 1. The Morgan fingerprint density at radius 1 is 1.12 bits per heavy atom. The Morgan fingerprint density at radius 3 is 2.53 bits per heavy atom. The lowest BCUT2D eigenvalue weighted by Crippen LogP contribution is -2.35. The minimum absolute atomic E-state index is 0.125. The third-order valence-electron chi connectivity index (χ3n) is 5.41. The quantitative estimate of drug-likeness (QED) is 0.519. The van der Waals surface area contributed by atoms with Gasteiger partial charge >= 0.3 is 0 Å². The normalized spacial score (nSPS) is 15.2. The zero-order chi connectivity index (χ0) is 22.7. The zero-order valence-electron chi connectivity index (χ0n) is 17.8. The fraction of sp³-hybridized carbons (Fsp3) is 0.364. The molecule has 2 aromatic carbocycles. The molecule has 1 N–H and O–H groups in total. The molecule has 0 radical (unpaired) electrons. The van der Waals surface area contributed by atoms with Crippen LogP contribution in [0.2, 0.25) is 0 Å². The van der Waals surface area contributed by atoms with E-state index in [-0.39, 0.29) is 22.4 Å². The summed E-state index contributed by atoms with van der Waals surface area (Å²) >= 11 is 1.28. The Morgan fingerprint density at radius 2 is 1.84 bits per heavy atom. The van der Waals surface area contributed by atoms with Crippen LogP contribution in [0, 0.1) is 5.82 Å². The Balaban J connectivity index is 1.52. The van der Waals surface area contributed by atoms with Crippen LogP contribution in [-0.2, 0) is 21.4 Å². The van der Waals surface area contributed by atoms with E-state index in [0.717, 1.165) is 24.8 Å². The number of nitrogens with zero attached hydrogens (tertiary/aromatic N) is 3. The number of aryl methyl sites for hydroxylation is 1. The van der Waals surface area contributed by atoms with Gasteiger partial charge in [-0.3, -0.25) is 4.79 Å². The molecule has 4 rings (SSSR count). The molecule has 1 fully saturated rings. The van der Waals surface area contributed by atoms with Gasteiger partial charge in [0, 0.05) is 25.3 Å². The SMILES string of the molecule is CCn1c(SCC(=O)Nc2ccc(F)cc2)nc2cc(S(=O)(=O)N3CCCCC3)ccc21. The molecular formula is C22H25FN4O3S2. The Bertz CT molecular complexity index is 1220. The van der Waals surface area contributed by atoms with E-state index < -0.39 is 10.0 Å². The topological polar surface area (TPSA) is 84.3 Å². The number of halogens is 1. The van der Waals surface area contributed by atoms with Crippen LogP contribution in [0.5, 0.6) is 0 Å². The van der Waals surface area contributed by atoms with Crippen molar-refractivity contribution in [3.05, 3.63) is 48.3 Å². The molecule has 7 nitrogen and oxygen atoms in total. The van der Waals surface area contributed by atoms with Crippen molar-refractivity contribution >= 4 is 44.4 Å². The van der Waals surface area contributed by atoms with Gasteiger partial charge in [0.2, 0.25) is 15.9 Å². The molecule has 170 valence electrons. The maximum Gasteiger partial charge on any atom is 0.243 e. The lowest BCUT2D eigenvalue weighted by Gasteiger charge is -2.25. The van der Waals surface area contributed by atoms with E-state index in [1.54, 1.807) is 22.5 Å². The second-order valence-corrected chi connectivity index (χ2v) is 10.5. The molecule has 1 amide bonds. The highest BCUT2D eigenvalue weighted by atomic mass is 32.2. The highest BCUT2D eigenvalue weighted by molar-refractivity contribution is 7.99. The Hall–Kier alpha value is -2.43. The van der Waals surface area contributed by atoms with Crippen LogP contribution in [-0.4, -0.2) is 47.0 Å². The van der Waals surface area contributed by atoms with Crippen LogP contribution >= 0.6 is 11.8 Å². The summed E-state index contributed by atoms with van der Waals surface area (Å²) in [5, 5.41) is 3.37. The molecule has 0 saturated carbocycles. The van der Waals surface area contributed by atoms with Gasteiger partial charge in [-0.05, 0) is 62.2 Å². The zero-order valence-corrected chi connectivity index (χ0v) is 19.4. The first-order chi connectivity index (χ1) is 15.4. The van der Waals surface area contributed by atoms with Crippen molar-refractivity contribution in [1.82, 2.24) is 13.9 Å². The molecule has 1 aromatic heterocycles. The van der Waals surface area contributed by atoms with E-state index in [1.807, 2.05) is 11.5 Å². The summed E-state index contributed by atoms with van der Waals surface area (Å²) < 4.78 is 42.5.